The summed E-state index contributed by atoms with van der Waals surface area (Å²) in [7, 11) is 1.66. The van der Waals surface area contributed by atoms with Crippen molar-refractivity contribution >= 4 is 33.0 Å². The van der Waals surface area contributed by atoms with E-state index in [4.69, 9.17) is 15.2 Å². The summed E-state index contributed by atoms with van der Waals surface area (Å²) in [4.78, 5) is 13.0. The molecule has 3 N–H and O–H groups in total. The van der Waals surface area contributed by atoms with E-state index in [-0.39, 0.29) is 5.91 Å². The Balaban J connectivity index is 1.72. The van der Waals surface area contributed by atoms with Crippen molar-refractivity contribution in [3.05, 3.63) is 29.1 Å². The topological polar surface area (TPSA) is 73.6 Å². The molecule has 1 saturated heterocycles. The van der Waals surface area contributed by atoms with E-state index in [1.54, 1.807) is 7.11 Å². The Kier molecular flexibility index (Phi) is 3.84. The van der Waals surface area contributed by atoms with E-state index in [1.807, 2.05) is 24.3 Å². The number of fused-ring (bicyclic) bond motifs is 1. The molecule has 1 atom stereocenters. The van der Waals surface area contributed by atoms with Crippen molar-refractivity contribution in [2.75, 3.05) is 32.6 Å². The molecule has 1 amide bonds. The molecule has 21 heavy (non-hydrogen) atoms. The third-order valence-corrected chi connectivity index (χ3v) is 4.95. The van der Waals surface area contributed by atoms with Crippen LogP contribution in [0.15, 0.2) is 24.3 Å². The van der Waals surface area contributed by atoms with E-state index in [2.05, 4.69) is 5.32 Å². The molecule has 1 fully saturated rings. The summed E-state index contributed by atoms with van der Waals surface area (Å²) in [5, 5.41) is 3.94. The third kappa shape index (κ3) is 2.88. The number of hydrogen-bond donors (Lipinski definition) is 2. The van der Waals surface area contributed by atoms with Gasteiger partial charge < -0.3 is 20.5 Å². The molecule has 112 valence electrons. The maximum absolute atomic E-state index is 12.3. The second kappa shape index (κ2) is 5.63. The molecular weight excluding hydrogens is 288 g/mol. The molecule has 6 heteroatoms. The van der Waals surface area contributed by atoms with Gasteiger partial charge in [-0.25, -0.2) is 0 Å². The van der Waals surface area contributed by atoms with Crippen molar-refractivity contribution in [2.45, 2.75) is 12.0 Å². The van der Waals surface area contributed by atoms with Gasteiger partial charge in [-0.3, -0.25) is 4.79 Å². The number of ether oxygens (including phenoxy) is 2. The van der Waals surface area contributed by atoms with Crippen LogP contribution >= 0.6 is 11.3 Å². The number of nitrogens with one attached hydrogen (secondary N) is 1. The minimum Gasteiger partial charge on any atom is -0.399 e. The highest BCUT2D eigenvalue weighted by Gasteiger charge is 2.35. The van der Waals surface area contributed by atoms with Gasteiger partial charge in [0.1, 0.15) is 5.60 Å². The number of thiophene rings is 1. The fourth-order valence-electron chi connectivity index (χ4n) is 2.46. The highest BCUT2D eigenvalue weighted by molar-refractivity contribution is 7.20. The zero-order valence-electron chi connectivity index (χ0n) is 11.8. The molecule has 0 spiro atoms. The first kappa shape index (κ1) is 14.3. The van der Waals surface area contributed by atoms with Crippen molar-refractivity contribution in [3.8, 4) is 0 Å². The largest absolute Gasteiger partial charge is 0.399 e. The number of hydrogen-bond acceptors (Lipinski definition) is 5. The van der Waals surface area contributed by atoms with Crippen LogP contribution in [-0.2, 0) is 9.47 Å². The van der Waals surface area contributed by atoms with Gasteiger partial charge in [-0.05, 0) is 29.7 Å². The Bertz CT molecular complexity index is 662. The summed E-state index contributed by atoms with van der Waals surface area (Å²) >= 11 is 1.46. The van der Waals surface area contributed by atoms with E-state index in [9.17, 15) is 4.79 Å². The highest BCUT2D eigenvalue weighted by atomic mass is 32.1. The van der Waals surface area contributed by atoms with Gasteiger partial charge in [-0.2, -0.15) is 0 Å². The van der Waals surface area contributed by atoms with Crippen LogP contribution in [0.2, 0.25) is 0 Å². The standard InChI is InChI=1S/C15H18N2O3S/c1-19-15(4-5-20-9-15)8-17-14(18)13-7-10-6-11(16)2-3-12(10)21-13/h2-3,6-7H,4-5,8-9,16H2,1H3,(H,17,18). The van der Waals surface area contributed by atoms with Crippen molar-refractivity contribution < 1.29 is 14.3 Å². The fraction of sp³-hybridized carbons (Fsp3) is 0.400. The quantitative estimate of drug-likeness (QED) is 0.848. The summed E-state index contributed by atoms with van der Waals surface area (Å²) in [6.07, 6.45) is 0.798. The molecule has 1 aliphatic heterocycles. The van der Waals surface area contributed by atoms with Gasteiger partial charge in [0.25, 0.3) is 5.91 Å². The summed E-state index contributed by atoms with van der Waals surface area (Å²) in [5.41, 5.74) is 6.07. The van der Waals surface area contributed by atoms with Crippen molar-refractivity contribution in [1.82, 2.24) is 5.32 Å². The lowest BCUT2D eigenvalue weighted by atomic mass is 10.0. The van der Waals surface area contributed by atoms with E-state index in [0.29, 0.717) is 30.3 Å². The number of nitrogen functional groups attached to an aromatic ring is 1. The number of benzene rings is 1. The number of amides is 1. The average Bonchev–Trinajstić information content (AvgIpc) is 3.11. The van der Waals surface area contributed by atoms with Crippen LogP contribution in [0.3, 0.4) is 0 Å². The molecule has 2 aromatic rings. The van der Waals surface area contributed by atoms with Gasteiger partial charge in [-0.1, -0.05) is 0 Å². The monoisotopic (exact) mass is 306 g/mol. The number of carbonyl (C=O) groups excluding carboxylic acids is 1. The summed E-state index contributed by atoms with van der Waals surface area (Å²) in [6.45, 7) is 1.65. The Morgan fingerprint density at radius 2 is 2.38 bits per heavy atom. The van der Waals surface area contributed by atoms with Gasteiger partial charge in [0.05, 0.1) is 11.5 Å². The number of anilines is 1. The highest BCUT2D eigenvalue weighted by Crippen LogP contribution is 2.27. The number of methoxy groups -OCH3 is 1. The molecule has 1 aromatic carbocycles. The van der Waals surface area contributed by atoms with Gasteiger partial charge in [-0.15, -0.1) is 11.3 Å². The zero-order valence-corrected chi connectivity index (χ0v) is 12.7. The predicted octanol–water partition coefficient (Wildman–Crippen LogP) is 2.02. The predicted molar refractivity (Wildman–Crippen MR) is 83.7 cm³/mol. The first-order valence-corrected chi connectivity index (χ1v) is 7.64. The van der Waals surface area contributed by atoms with Crippen LogP contribution in [0, 0.1) is 0 Å². The Labute approximate surface area is 127 Å². The van der Waals surface area contributed by atoms with E-state index < -0.39 is 5.60 Å². The van der Waals surface area contributed by atoms with Crippen LogP contribution in [0.25, 0.3) is 10.1 Å². The lowest BCUT2D eigenvalue weighted by molar-refractivity contribution is -0.0148. The normalized spacial score (nSPS) is 21.8. The van der Waals surface area contributed by atoms with Gasteiger partial charge in [0.2, 0.25) is 0 Å². The third-order valence-electron chi connectivity index (χ3n) is 3.84. The molecule has 0 saturated carbocycles. The number of carbonyl (C=O) groups is 1. The van der Waals surface area contributed by atoms with Crippen LogP contribution < -0.4 is 11.1 Å². The fourth-order valence-corrected chi connectivity index (χ4v) is 3.42. The van der Waals surface area contributed by atoms with E-state index >= 15 is 0 Å². The molecular formula is C15H18N2O3S. The van der Waals surface area contributed by atoms with Crippen LogP contribution in [-0.4, -0.2) is 38.4 Å². The summed E-state index contributed by atoms with van der Waals surface area (Å²) < 4.78 is 11.9. The van der Waals surface area contributed by atoms with Crippen molar-refractivity contribution in [3.63, 3.8) is 0 Å². The Morgan fingerprint density at radius 1 is 1.52 bits per heavy atom. The first-order valence-electron chi connectivity index (χ1n) is 6.82. The van der Waals surface area contributed by atoms with Gasteiger partial charge >= 0.3 is 0 Å². The second-order valence-corrected chi connectivity index (χ2v) is 6.36. The minimum absolute atomic E-state index is 0.0851. The van der Waals surface area contributed by atoms with Crippen LogP contribution in [0.5, 0.6) is 0 Å². The number of nitrogens with two attached hydrogens (primary N) is 1. The maximum Gasteiger partial charge on any atom is 0.261 e. The van der Waals surface area contributed by atoms with Crippen molar-refractivity contribution in [1.29, 1.82) is 0 Å². The smallest absolute Gasteiger partial charge is 0.261 e. The lowest BCUT2D eigenvalue weighted by Gasteiger charge is -2.25. The van der Waals surface area contributed by atoms with E-state index in [0.717, 1.165) is 16.5 Å². The maximum atomic E-state index is 12.3. The Morgan fingerprint density at radius 3 is 3.10 bits per heavy atom. The van der Waals surface area contributed by atoms with Crippen molar-refractivity contribution in [2.24, 2.45) is 0 Å². The first-order chi connectivity index (χ1) is 10.1. The summed E-state index contributed by atoms with van der Waals surface area (Å²) in [6, 6.07) is 7.53. The minimum atomic E-state index is -0.392. The summed E-state index contributed by atoms with van der Waals surface area (Å²) in [5.74, 6) is -0.0851. The second-order valence-electron chi connectivity index (χ2n) is 5.28. The molecule has 0 radical (unpaired) electrons. The van der Waals surface area contributed by atoms with Gasteiger partial charge in [0, 0.05) is 37.1 Å². The lowest BCUT2D eigenvalue weighted by Crippen LogP contribution is -2.44. The molecule has 5 nitrogen and oxygen atoms in total. The zero-order chi connectivity index (χ0) is 14.9. The molecule has 1 unspecified atom stereocenters. The number of rotatable bonds is 4. The molecule has 2 heterocycles. The SMILES string of the molecule is COC1(CNC(=O)c2cc3cc(N)ccc3s2)CCOC1. The Hall–Kier alpha value is -1.63. The van der Waals surface area contributed by atoms with Crippen LogP contribution in [0.4, 0.5) is 5.69 Å². The molecule has 3 rings (SSSR count). The van der Waals surface area contributed by atoms with Gasteiger partial charge in [0.15, 0.2) is 0 Å². The van der Waals surface area contributed by atoms with Crippen LogP contribution in [0.1, 0.15) is 16.1 Å². The average molecular weight is 306 g/mol. The molecule has 0 bridgehead atoms. The molecule has 1 aliphatic rings. The van der Waals surface area contributed by atoms with E-state index in [1.165, 1.54) is 11.3 Å². The molecule has 1 aromatic heterocycles. The molecule has 0 aliphatic carbocycles.